The Balaban J connectivity index is 1.71. The Bertz CT molecular complexity index is 1180. The number of hydrogen-bond donors (Lipinski definition) is 1. The molecule has 0 unspecified atom stereocenters. The first kappa shape index (κ1) is 19.8. The minimum atomic E-state index is -0.486. The van der Waals surface area contributed by atoms with Crippen molar-refractivity contribution in [3.8, 4) is 5.69 Å². The number of rotatable bonds is 5. The van der Waals surface area contributed by atoms with Gasteiger partial charge >= 0.3 is 0 Å². The number of aromatic nitrogens is 1. The van der Waals surface area contributed by atoms with E-state index in [1.807, 2.05) is 17.6 Å². The van der Waals surface area contributed by atoms with Gasteiger partial charge in [0.25, 0.3) is 11.6 Å². The van der Waals surface area contributed by atoms with E-state index in [0.29, 0.717) is 10.9 Å². The predicted octanol–water partition coefficient (Wildman–Crippen LogP) is 4.11. The summed E-state index contributed by atoms with van der Waals surface area (Å²) in [6, 6.07) is 8.22. The van der Waals surface area contributed by atoms with Crippen LogP contribution >= 0.6 is 11.8 Å². The Labute approximate surface area is 176 Å². The third kappa shape index (κ3) is 3.45. The number of aryl methyl sites for hydroxylation is 1. The number of aliphatic imine (C=N–C) groups is 1. The Kier molecular flexibility index (Phi) is 5.08. The maximum Gasteiger partial charge on any atom is 0.283 e. The molecule has 0 bridgehead atoms. The van der Waals surface area contributed by atoms with E-state index >= 15 is 0 Å². The molecule has 0 atom stereocenters. The van der Waals surface area contributed by atoms with E-state index in [9.17, 15) is 14.9 Å². The lowest BCUT2D eigenvalue weighted by Crippen LogP contribution is -2.35. The lowest BCUT2D eigenvalue weighted by molar-refractivity contribution is -0.384. The van der Waals surface area contributed by atoms with Gasteiger partial charge in [0.1, 0.15) is 5.04 Å². The van der Waals surface area contributed by atoms with E-state index in [4.69, 9.17) is 5.41 Å². The van der Waals surface area contributed by atoms with Crippen LogP contribution in [-0.2, 0) is 4.79 Å². The number of nitrogens with zero attached hydrogens (tertiary/aromatic N) is 5. The molecule has 2 aromatic rings. The SMILES string of the molecule is CCCC1=NN2C(=N)/C(=C\c3cccn3-c3ccc([N+](=O)[O-])cc3C)C(=O)N=C2S1. The molecule has 0 aliphatic carbocycles. The van der Waals surface area contributed by atoms with Gasteiger partial charge in [-0.25, -0.2) is 0 Å². The first-order chi connectivity index (χ1) is 14.4. The first-order valence-corrected chi connectivity index (χ1v) is 10.1. The molecule has 0 spiro atoms. The molecule has 0 saturated heterocycles. The van der Waals surface area contributed by atoms with Crippen molar-refractivity contribution in [3.05, 3.63) is 63.5 Å². The predicted molar refractivity (Wildman–Crippen MR) is 117 cm³/mol. The number of carbonyl (C=O) groups is 1. The normalized spacial score (nSPS) is 17.3. The monoisotopic (exact) mass is 422 g/mol. The Hall–Kier alpha value is -3.53. The quantitative estimate of drug-likeness (QED) is 0.442. The van der Waals surface area contributed by atoms with Gasteiger partial charge in [-0.05, 0) is 61.4 Å². The zero-order valence-corrected chi connectivity index (χ0v) is 17.1. The minimum Gasteiger partial charge on any atom is -0.317 e. The summed E-state index contributed by atoms with van der Waals surface area (Å²) >= 11 is 1.32. The van der Waals surface area contributed by atoms with Gasteiger partial charge in [0.15, 0.2) is 5.84 Å². The molecule has 4 rings (SSSR count). The molecule has 0 fully saturated rings. The topological polar surface area (TPSA) is 117 Å². The van der Waals surface area contributed by atoms with Gasteiger partial charge in [-0.2, -0.15) is 15.1 Å². The van der Waals surface area contributed by atoms with Crippen molar-refractivity contribution >= 4 is 45.5 Å². The summed E-state index contributed by atoms with van der Waals surface area (Å²) in [5, 5.41) is 26.5. The summed E-state index contributed by atoms with van der Waals surface area (Å²) in [6.45, 7) is 3.83. The third-order valence-electron chi connectivity index (χ3n) is 4.68. The second kappa shape index (κ2) is 7.71. The van der Waals surface area contributed by atoms with Crippen LogP contribution in [0.3, 0.4) is 0 Å². The summed E-state index contributed by atoms with van der Waals surface area (Å²) in [5.74, 6) is -0.503. The molecule has 1 amide bonds. The molecule has 2 aliphatic rings. The number of carbonyl (C=O) groups excluding carboxylic acids is 1. The van der Waals surface area contributed by atoms with Crippen LogP contribution in [0.2, 0.25) is 0 Å². The number of nitro benzene ring substituents is 1. The maximum atomic E-state index is 12.6. The standard InChI is InChI=1S/C20H18N6O3S/c1-3-5-17-23-25-18(21)15(19(27)22-20(25)30-17)11-13-6-4-9-24(13)16-8-7-14(26(28)29)10-12(16)2/h4,6-11,21H,3,5H2,1-2H3/b15-11+,21-18?. The first-order valence-electron chi connectivity index (χ1n) is 9.31. The Morgan fingerprint density at radius 2 is 2.13 bits per heavy atom. The van der Waals surface area contributed by atoms with Crippen LogP contribution in [0.4, 0.5) is 5.69 Å². The summed E-state index contributed by atoms with van der Waals surface area (Å²) < 4.78 is 1.82. The highest BCUT2D eigenvalue weighted by molar-refractivity contribution is 8.26. The van der Waals surface area contributed by atoms with E-state index in [-0.39, 0.29) is 17.1 Å². The molecule has 3 heterocycles. The van der Waals surface area contributed by atoms with E-state index in [0.717, 1.165) is 29.1 Å². The summed E-state index contributed by atoms with van der Waals surface area (Å²) in [7, 11) is 0. The lowest BCUT2D eigenvalue weighted by atomic mass is 10.1. The number of non-ortho nitro benzene ring substituents is 1. The number of amides is 1. The Morgan fingerprint density at radius 1 is 1.33 bits per heavy atom. The zero-order chi connectivity index (χ0) is 21.4. The highest BCUT2D eigenvalue weighted by Gasteiger charge is 2.35. The van der Waals surface area contributed by atoms with E-state index < -0.39 is 10.8 Å². The fraction of sp³-hybridized carbons (Fsp3) is 0.200. The van der Waals surface area contributed by atoms with Gasteiger partial charge in [0, 0.05) is 29.7 Å². The largest absolute Gasteiger partial charge is 0.317 e. The molecule has 9 nitrogen and oxygen atoms in total. The number of thioether (sulfide) groups is 1. The Morgan fingerprint density at radius 3 is 2.83 bits per heavy atom. The second-order valence-corrected chi connectivity index (χ2v) is 7.84. The number of hydrogen-bond acceptors (Lipinski definition) is 6. The van der Waals surface area contributed by atoms with Crippen LogP contribution in [0.1, 0.15) is 31.0 Å². The average molecular weight is 422 g/mol. The minimum absolute atomic E-state index is 0.0155. The van der Waals surface area contributed by atoms with Gasteiger partial charge in [-0.15, -0.1) is 0 Å². The molecule has 10 heteroatoms. The second-order valence-electron chi connectivity index (χ2n) is 6.79. The third-order valence-corrected chi connectivity index (χ3v) is 5.65. The van der Waals surface area contributed by atoms with Crippen LogP contribution in [-0.4, -0.2) is 36.5 Å². The van der Waals surface area contributed by atoms with Crippen molar-refractivity contribution in [2.45, 2.75) is 26.7 Å². The van der Waals surface area contributed by atoms with Crippen LogP contribution in [0, 0.1) is 22.4 Å². The van der Waals surface area contributed by atoms with Crippen LogP contribution in [0.25, 0.3) is 11.8 Å². The van der Waals surface area contributed by atoms with Crippen molar-refractivity contribution in [3.63, 3.8) is 0 Å². The van der Waals surface area contributed by atoms with Crippen LogP contribution in [0.5, 0.6) is 0 Å². The maximum absolute atomic E-state index is 12.6. The van der Waals surface area contributed by atoms with E-state index in [1.165, 1.54) is 28.9 Å². The van der Waals surface area contributed by atoms with Crippen molar-refractivity contribution in [2.75, 3.05) is 0 Å². The lowest BCUT2D eigenvalue weighted by Gasteiger charge is -2.20. The number of fused-ring (bicyclic) bond motifs is 1. The average Bonchev–Trinajstić information content (AvgIpc) is 3.32. The van der Waals surface area contributed by atoms with E-state index in [2.05, 4.69) is 10.1 Å². The molecule has 1 aromatic carbocycles. The van der Waals surface area contributed by atoms with Crippen molar-refractivity contribution in [1.82, 2.24) is 9.58 Å². The highest BCUT2D eigenvalue weighted by Crippen LogP contribution is 2.30. The van der Waals surface area contributed by atoms with Crippen molar-refractivity contribution in [1.29, 1.82) is 5.41 Å². The molecule has 0 radical (unpaired) electrons. The number of nitrogens with one attached hydrogen (secondary N) is 1. The van der Waals surface area contributed by atoms with Crippen molar-refractivity contribution < 1.29 is 9.72 Å². The molecule has 152 valence electrons. The van der Waals surface area contributed by atoms with Gasteiger partial charge in [-0.3, -0.25) is 20.3 Å². The van der Waals surface area contributed by atoms with Gasteiger partial charge in [-0.1, -0.05) is 6.92 Å². The molecular formula is C20H18N6O3S. The summed E-state index contributed by atoms with van der Waals surface area (Å²) in [6.07, 6.45) is 5.08. The fourth-order valence-corrected chi connectivity index (χ4v) is 4.24. The van der Waals surface area contributed by atoms with Crippen LogP contribution < -0.4 is 0 Å². The van der Waals surface area contributed by atoms with Crippen LogP contribution in [0.15, 0.2) is 52.2 Å². The number of nitro groups is 1. The molecule has 0 saturated carbocycles. The van der Waals surface area contributed by atoms with Gasteiger partial charge < -0.3 is 4.57 Å². The van der Waals surface area contributed by atoms with Gasteiger partial charge in [0.05, 0.1) is 10.5 Å². The number of hydrazone groups is 1. The van der Waals surface area contributed by atoms with Gasteiger partial charge in [0.2, 0.25) is 5.17 Å². The molecule has 1 N–H and O–H groups in total. The van der Waals surface area contributed by atoms with Crippen molar-refractivity contribution in [2.24, 2.45) is 10.1 Å². The number of benzene rings is 1. The molecule has 2 aliphatic heterocycles. The zero-order valence-electron chi connectivity index (χ0n) is 16.3. The number of amidine groups is 2. The van der Waals surface area contributed by atoms with E-state index in [1.54, 1.807) is 31.3 Å². The summed E-state index contributed by atoms with van der Waals surface area (Å²) in [4.78, 5) is 27.3. The highest BCUT2D eigenvalue weighted by atomic mass is 32.2. The molecular weight excluding hydrogens is 404 g/mol. The fourth-order valence-electron chi connectivity index (χ4n) is 3.25. The summed E-state index contributed by atoms with van der Waals surface area (Å²) in [5.41, 5.74) is 2.27. The smallest absolute Gasteiger partial charge is 0.283 e. The molecule has 30 heavy (non-hydrogen) atoms. The molecule has 1 aromatic heterocycles.